The molecule has 0 aliphatic rings. The summed E-state index contributed by atoms with van der Waals surface area (Å²) >= 11 is 0. The van der Waals surface area contributed by atoms with Gasteiger partial charge < -0.3 is 14.9 Å². The minimum atomic E-state index is -0.837. The predicted octanol–water partition coefficient (Wildman–Crippen LogP) is 0.793. The molecular formula is C12H16O4. The lowest BCUT2D eigenvalue weighted by molar-refractivity contribution is 0.0948. The van der Waals surface area contributed by atoms with Crippen LogP contribution in [0.1, 0.15) is 22.8 Å². The van der Waals surface area contributed by atoms with Gasteiger partial charge in [0.2, 0.25) is 0 Å². The molecule has 0 spiro atoms. The summed E-state index contributed by atoms with van der Waals surface area (Å²) in [6, 6.07) is 5.05. The van der Waals surface area contributed by atoms with E-state index in [0.29, 0.717) is 11.3 Å². The maximum absolute atomic E-state index is 11.2. The average molecular weight is 224 g/mol. The van der Waals surface area contributed by atoms with Gasteiger partial charge in [-0.3, -0.25) is 4.79 Å². The van der Waals surface area contributed by atoms with E-state index in [-0.39, 0.29) is 18.8 Å². The van der Waals surface area contributed by atoms with Crippen LogP contribution in [0.5, 0.6) is 5.75 Å². The Morgan fingerprint density at radius 2 is 2.19 bits per heavy atom. The second kappa shape index (κ2) is 5.63. The highest BCUT2D eigenvalue weighted by Crippen LogP contribution is 2.21. The summed E-state index contributed by atoms with van der Waals surface area (Å²) in [7, 11) is 1.53. The van der Waals surface area contributed by atoms with E-state index in [4.69, 9.17) is 9.84 Å². The molecule has 88 valence electrons. The maximum Gasteiger partial charge on any atom is 0.159 e. The normalized spacial score (nSPS) is 12.2. The summed E-state index contributed by atoms with van der Waals surface area (Å²) < 4.78 is 5.12. The van der Waals surface area contributed by atoms with E-state index in [9.17, 15) is 9.90 Å². The molecule has 1 aromatic carbocycles. The van der Waals surface area contributed by atoms with Gasteiger partial charge in [-0.2, -0.15) is 0 Å². The van der Waals surface area contributed by atoms with Crippen molar-refractivity contribution < 1.29 is 19.7 Å². The van der Waals surface area contributed by atoms with Crippen LogP contribution in [0.25, 0.3) is 0 Å². The molecule has 0 fully saturated rings. The Bertz CT molecular complexity index is 373. The number of ether oxygens (including phenoxy) is 1. The number of rotatable bonds is 5. The second-order valence-corrected chi connectivity index (χ2v) is 3.62. The van der Waals surface area contributed by atoms with Crippen LogP contribution < -0.4 is 4.74 Å². The third-order valence-electron chi connectivity index (χ3n) is 2.35. The van der Waals surface area contributed by atoms with Crippen molar-refractivity contribution in [1.82, 2.24) is 0 Å². The number of methoxy groups -OCH3 is 1. The number of Topliss-reactive ketones (excluding diaryl/α,β-unsaturated/α-hetero) is 1. The van der Waals surface area contributed by atoms with Crippen molar-refractivity contribution in [2.24, 2.45) is 0 Å². The number of aliphatic hydroxyl groups excluding tert-OH is 2. The molecule has 0 aromatic heterocycles. The highest BCUT2D eigenvalue weighted by molar-refractivity contribution is 5.94. The Kier molecular flexibility index (Phi) is 4.46. The third kappa shape index (κ3) is 3.05. The standard InChI is InChI=1S/C12H16O4/c1-8(14)9-3-4-12(16-2)10(5-9)6-11(15)7-13/h3-5,11,13,15H,6-7H2,1-2H3. The Labute approximate surface area is 94.5 Å². The van der Waals surface area contributed by atoms with E-state index in [1.807, 2.05) is 0 Å². The minimum absolute atomic E-state index is 0.0395. The van der Waals surface area contributed by atoms with Gasteiger partial charge in [-0.15, -0.1) is 0 Å². The lowest BCUT2D eigenvalue weighted by atomic mass is 10.0. The zero-order valence-electron chi connectivity index (χ0n) is 9.43. The molecule has 16 heavy (non-hydrogen) atoms. The fraction of sp³-hybridized carbons (Fsp3) is 0.417. The van der Waals surface area contributed by atoms with Crippen LogP contribution in [-0.4, -0.2) is 35.8 Å². The van der Waals surface area contributed by atoms with Crippen molar-refractivity contribution in [2.45, 2.75) is 19.4 Å². The number of carbonyl (C=O) groups is 1. The van der Waals surface area contributed by atoms with Crippen molar-refractivity contribution in [3.63, 3.8) is 0 Å². The van der Waals surface area contributed by atoms with E-state index in [2.05, 4.69) is 0 Å². The fourth-order valence-electron chi connectivity index (χ4n) is 1.48. The van der Waals surface area contributed by atoms with Crippen molar-refractivity contribution >= 4 is 5.78 Å². The summed E-state index contributed by atoms with van der Waals surface area (Å²) in [4.78, 5) is 11.2. The molecule has 2 N–H and O–H groups in total. The predicted molar refractivity (Wildman–Crippen MR) is 59.8 cm³/mol. The smallest absolute Gasteiger partial charge is 0.159 e. The molecule has 0 aliphatic carbocycles. The van der Waals surface area contributed by atoms with Gasteiger partial charge in [0.1, 0.15) is 5.75 Å². The SMILES string of the molecule is COc1ccc(C(C)=O)cc1CC(O)CO. The summed E-state index contributed by atoms with van der Waals surface area (Å²) in [6.07, 6.45) is -0.572. The first-order chi connectivity index (χ1) is 7.58. The van der Waals surface area contributed by atoms with Crippen LogP contribution in [0, 0.1) is 0 Å². The summed E-state index contributed by atoms with van der Waals surface area (Å²) in [5.74, 6) is 0.569. The molecule has 0 saturated carbocycles. The molecule has 0 aliphatic heterocycles. The van der Waals surface area contributed by atoms with E-state index in [1.54, 1.807) is 18.2 Å². The lowest BCUT2D eigenvalue weighted by Crippen LogP contribution is -2.16. The molecule has 1 aromatic rings. The van der Waals surface area contributed by atoms with Gasteiger partial charge in [0, 0.05) is 12.0 Å². The lowest BCUT2D eigenvalue weighted by Gasteiger charge is -2.12. The van der Waals surface area contributed by atoms with Gasteiger partial charge >= 0.3 is 0 Å². The van der Waals surface area contributed by atoms with Gasteiger partial charge in [-0.05, 0) is 30.7 Å². The van der Waals surface area contributed by atoms with Crippen molar-refractivity contribution in [1.29, 1.82) is 0 Å². The topological polar surface area (TPSA) is 66.8 Å². The largest absolute Gasteiger partial charge is 0.496 e. The first kappa shape index (κ1) is 12.7. The van der Waals surface area contributed by atoms with Crippen LogP contribution in [0.3, 0.4) is 0 Å². The van der Waals surface area contributed by atoms with Crippen LogP contribution in [0.2, 0.25) is 0 Å². The molecule has 4 heteroatoms. The zero-order valence-corrected chi connectivity index (χ0v) is 9.43. The Morgan fingerprint density at radius 1 is 1.50 bits per heavy atom. The molecule has 0 saturated heterocycles. The average Bonchev–Trinajstić information content (AvgIpc) is 2.28. The molecule has 4 nitrogen and oxygen atoms in total. The monoisotopic (exact) mass is 224 g/mol. The van der Waals surface area contributed by atoms with Gasteiger partial charge in [0.25, 0.3) is 0 Å². The molecule has 1 atom stereocenters. The van der Waals surface area contributed by atoms with Crippen molar-refractivity contribution in [3.8, 4) is 5.75 Å². The fourth-order valence-corrected chi connectivity index (χ4v) is 1.48. The van der Waals surface area contributed by atoms with Gasteiger partial charge in [0.15, 0.2) is 5.78 Å². The molecular weight excluding hydrogens is 208 g/mol. The second-order valence-electron chi connectivity index (χ2n) is 3.62. The Morgan fingerprint density at radius 3 is 2.69 bits per heavy atom. The van der Waals surface area contributed by atoms with Crippen molar-refractivity contribution in [3.05, 3.63) is 29.3 Å². The van der Waals surface area contributed by atoms with Crippen LogP contribution in [-0.2, 0) is 6.42 Å². The van der Waals surface area contributed by atoms with E-state index in [1.165, 1.54) is 14.0 Å². The highest BCUT2D eigenvalue weighted by Gasteiger charge is 2.11. The first-order valence-corrected chi connectivity index (χ1v) is 5.05. The van der Waals surface area contributed by atoms with Gasteiger partial charge in [-0.25, -0.2) is 0 Å². The Hall–Kier alpha value is -1.39. The number of benzene rings is 1. The molecule has 0 radical (unpaired) electrons. The number of hydrogen-bond donors (Lipinski definition) is 2. The number of hydrogen-bond acceptors (Lipinski definition) is 4. The third-order valence-corrected chi connectivity index (χ3v) is 2.35. The summed E-state index contributed by atoms with van der Waals surface area (Å²) in [5.41, 5.74) is 1.29. The first-order valence-electron chi connectivity index (χ1n) is 5.05. The summed E-state index contributed by atoms with van der Waals surface area (Å²) in [6.45, 7) is 1.17. The van der Waals surface area contributed by atoms with E-state index >= 15 is 0 Å². The van der Waals surface area contributed by atoms with Crippen LogP contribution >= 0.6 is 0 Å². The van der Waals surface area contributed by atoms with Gasteiger partial charge in [0.05, 0.1) is 19.8 Å². The molecule has 0 heterocycles. The maximum atomic E-state index is 11.2. The quantitative estimate of drug-likeness (QED) is 0.726. The molecule has 1 unspecified atom stereocenters. The zero-order chi connectivity index (χ0) is 12.1. The van der Waals surface area contributed by atoms with Crippen molar-refractivity contribution in [2.75, 3.05) is 13.7 Å². The molecule has 0 amide bonds. The van der Waals surface area contributed by atoms with E-state index < -0.39 is 6.10 Å². The Balaban J connectivity index is 3.02. The van der Waals surface area contributed by atoms with Crippen LogP contribution in [0.15, 0.2) is 18.2 Å². The number of aliphatic hydroxyl groups is 2. The summed E-state index contributed by atoms with van der Waals surface area (Å²) in [5, 5.41) is 18.2. The van der Waals surface area contributed by atoms with E-state index in [0.717, 1.165) is 5.56 Å². The minimum Gasteiger partial charge on any atom is -0.496 e. The number of carbonyl (C=O) groups excluding carboxylic acids is 1. The molecule has 0 bridgehead atoms. The van der Waals surface area contributed by atoms with Gasteiger partial charge in [-0.1, -0.05) is 0 Å². The molecule has 1 rings (SSSR count). The highest BCUT2D eigenvalue weighted by atomic mass is 16.5. The number of ketones is 1. The van der Waals surface area contributed by atoms with Crippen LogP contribution in [0.4, 0.5) is 0 Å².